The molecule has 0 amide bonds. The molecule has 2 aromatic heterocycles. The van der Waals surface area contributed by atoms with Gasteiger partial charge in [-0.05, 0) is 5.92 Å². The van der Waals surface area contributed by atoms with Crippen LogP contribution in [0.4, 0.5) is 5.82 Å². The normalized spacial score (nSPS) is 10.9. The highest BCUT2D eigenvalue weighted by Crippen LogP contribution is 2.01. The third kappa shape index (κ3) is 3.54. The summed E-state index contributed by atoms with van der Waals surface area (Å²) in [5.74, 6) is 0.691. The second-order valence-electron chi connectivity index (χ2n) is 4.65. The minimum Gasteiger partial charge on any atom is -0.360 e. The zero-order chi connectivity index (χ0) is 13.8. The van der Waals surface area contributed by atoms with Gasteiger partial charge >= 0.3 is 4.87 Å². The number of rotatable bonds is 5. The summed E-state index contributed by atoms with van der Waals surface area (Å²) >= 11 is 1.10. The molecule has 0 unspecified atom stereocenters. The largest absolute Gasteiger partial charge is 0.360 e. The molecule has 0 saturated heterocycles. The summed E-state index contributed by atoms with van der Waals surface area (Å²) in [7, 11) is 0. The number of hydrogen-bond acceptors (Lipinski definition) is 5. The molecule has 0 saturated carbocycles. The van der Waals surface area contributed by atoms with Crippen LogP contribution in [0.15, 0.2) is 27.4 Å². The van der Waals surface area contributed by atoms with Crippen LogP contribution < -0.4 is 15.7 Å². The van der Waals surface area contributed by atoms with Gasteiger partial charge in [0.05, 0.1) is 6.54 Å². The van der Waals surface area contributed by atoms with Gasteiger partial charge in [0.2, 0.25) is 0 Å². The Hall–Kier alpha value is -1.89. The Morgan fingerprint density at radius 2 is 2.26 bits per heavy atom. The van der Waals surface area contributed by atoms with E-state index in [2.05, 4.69) is 29.1 Å². The van der Waals surface area contributed by atoms with Crippen molar-refractivity contribution in [1.29, 1.82) is 0 Å². The van der Waals surface area contributed by atoms with Crippen LogP contribution in [-0.4, -0.2) is 14.5 Å². The molecule has 0 spiro atoms. The van der Waals surface area contributed by atoms with E-state index in [4.69, 9.17) is 0 Å². The van der Waals surface area contributed by atoms with E-state index in [1.165, 1.54) is 0 Å². The van der Waals surface area contributed by atoms with Crippen molar-refractivity contribution in [2.75, 3.05) is 5.32 Å². The smallest absolute Gasteiger partial charge is 0.304 e. The highest BCUT2D eigenvalue weighted by molar-refractivity contribution is 7.07. The molecule has 0 atom stereocenters. The third-order valence-electron chi connectivity index (χ3n) is 2.49. The van der Waals surface area contributed by atoms with Crippen molar-refractivity contribution in [2.24, 2.45) is 5.92 Å². The van der Waals surface area contributed by atoms with Crippen molar-refractivity contribution in [3.8, 4) is 0 Å². The maximum atomic E-state index is 12.1. The molecule has 6 nitrogen and oxygen atoms in total. The van der Waals surface area contributed by atoms with Gasteiger partial charge in [0.25, 0.3) is 5.56 Å². The first-order valence-electron chi connectivity index (χ1n) is 6.02. The van der Waals surface area contributed by atoms with Gasteiger partial charge in [0.15, 0.2) is 5.82 Å². The summed E-state index contributed by atoms with van der Waals surface area (Å²) < 4.78 is 1.64. The van der Waals surface area contributed by atoms with Crippen molar-refractivity contribution >= 4 is 17.2 Å². The maximum Gasteiger partial charge on any atom is 0.304 e. The van der Waals surface area contributed by atoms with Crippen LogP contribution in [0.2, 0.25) is 0 Å². The maximum absolute atomic E-state index is 12.1. The number of H-pyrrole nitrogens is 1. The van der Waals surface area contributed by atoms with Crippen molar-refractivity contribution in [3.05, 3.63) is 43.5 Å². The number of nitrogens with zero attached hydrogens (tertiary/aromatic N) is 2. The third-order valence-corrected chi connectivity index (χ3v) is 3.21. The summed E-state index contributed by atoms with van der Waals surface area (Å²) in [5, 5.41) is 4.68. The lowest BCUT2D eigenvalue weighted by Crippen LogP contribution is -2.26. The van der Waals surface area contributed by atoms with E-state index in [0.29, 0.717) is 24.8 Å². The predicted octanol–water partition coefficient (Wildman–Crippen LogP) is 1.26. The molecule has 7 heteroatoms. The molecule has 0 aliphatic rings. The van der Waals surface area contributed by atoms with E-state index in [9.17, 15) is 9.59 Å². The fourth-order valence-corrected chi connectivity index (χ4v) is 2.27. The standard InChI is InChI=1S/C12H16N4O2S/c1-8(2)6-16-4-3-13-10(11(16)17)14-5-9-7-19-12(18)15-9/h3-4,7-8H,5-6H2,1-2H3,(H,13,14)(H,15,18). The van der Waals surface area contributed by atoms with Crippen LogP contribution in [-0.2, 0) is 13.1 Å². The number of aromatic nitrogens is 3. The van der Waals surface area contributed by atoms with Gasteiger partial charge in [-0.2, -0.15) is 0 Å². The first kappa shape index (κ1) is 13.5. The van der Waals surface area contributed by atoms with E-state index < -0.39 is 0 Å². The quantitative estimate of drug-likeness (QED) is 0.864. The minimum atomic E-state index is -0.145. The molecule has 102 valence electrons. The summed E-state index contributed by atoms with van der Waals surface area (Å²) in [6, 6.07) is 0. The number of aromatic amines is 1. The molecule has 0 bridgehead atoms. The number of nitrogens with one attached hydrogen (secondary N) is 2. The Kier molecular flexibility index (Phi) is 4.16. The Balaban J connectivity index is 2.12. The average molecular weight is 280 g/mol. The summed E-state index contributed by atoms with van der Waals surface area (Å²) in [6.45, 7) is 5.14. The topological polar surface area (TPSA) is 79.8 Å². The summed E-state index contributed by atoms with van der Waals surface area (Å²) in [5.41, 5.74) is 0.601. The highest BCUT2D eigenvalue weighted by atomic mass is 32.1. The first-order valence-corrected chi connectivity index (χ1v) is 6.90. The van der Waals surface area contributed by atoms with Crippen LogP contribution in [0, 0.1) is 5.92 Å². The summed E-state index contributed by atoms with van der Waals surface area (Å²) in [4.78, 5) is 29.7. The van der Waals surface area contributed by atoms with Crippen molar-refractivity contribution < 1.29 is 0 Å². The average Bonchev–Trinajstić information content (AvgIpc) is 2.76. The van der Waals surface area contributed by atoms with E-state index >= 15 is 0 Å². The van der Waals surface area contributed by atoms with Gasteiger partial charge in [-0.3, -0.25) is 9.59 Å². The first-order chi connectivity index (χ1) is 9.06. The van der Waals surface area contributed by atoms with Crippen molar-refractivity contribution in [1.82, 2.24) is 14.5 Å². The van der Waals surface area contributed by atoms with Gasteiger partial charge < -0.3 is 14.9 Å². The molecule has 0 aliphatic heterocycles. The SMILES string of the molecule is CC(C)Cn1ccnc(NCc2csc(=O)[nH]2)c1=O. The van der Waals surface area contributed by atoms with Crippen LogP contribution in [0.5, 0.6) is 0 Å². The van der Waals surface area contributed by atoms with E-state index in [1.54, 1.807) is 22.3 Å². The lowest BCUT2D eigenvalue weighted by Gasteiger charge is -2.10. The Bertz CT molecular complexity index is 656. The van der Waals surface area contributed by atoms with Gasteiger partial charge in [0.1, 0.15) is 0 Å². The second kappa shape index (κ2) is 5.83. The summed E-state index contributed by atoms with van der Waals surface area (Å²) in [6.07, 6.45) is 3.28. The van der Waals surface area contributed by atoms with E-state index in [1.807, 2.05) is 0 Å². The lowest BCUT2D eigenvalue weighted by molar-refractivity contribution is 0.509. The molecule has 0 aromatic carbocycles. The molecule has 0 aliphatic carbocycles. The molecular weight excluding hydrogens is 264 g/mol. The number of anilines is 1. The van der Waals surface area contributed by atoms with Crippen LogP contribution in [0.3, 0.4) is 0 Å². The molecule has 0 fully saturated rings. The molecule has 19 heavy (non-hydrogen) atoms. The van der Waals surface area contributed by atoms with E-state index in [0.717, 1.165) is 17.0 Å². The highest BCUT2D eigenvalue weighted by Gasteiger charge is 2.06. The molecule has 2 aromatic rings. The zero-order valence-corrected chi connectivity index (χ0v) is 11.7. The second-order valence-corrected chi connectivity index (χ2v) is 5.50. The molecule has 2 heterocycles. The monoisotopic (exact) mass is 280 g/mol. The number of hydrogen-bond donors (Lipinski definition) is 2. The van der Waals surface area contributed by atoms with Crippen molar-refractivity contribution in [2.45, 2.75) is 26.9 Å². The number of thiazole rings is 1. The molecule has 0 radical (unpaired) electrons. The van der Waals surface area contributed by atoms with Crippen LogP contribution in [0.25, 0.3) is 0 Å². The lowest BCUT2D eigenvalue weighted by atomic mass is 10.2. The molecular formula is C12H16N4O2S. The van der Waals surface area contributed by atoms with Gasteiger partial charge in [-0.1, -0.05) is 25.2 Å². The van der Waals surface area contributed by atoms with E-state index in [-0.39, 0.29) is 10.4 Å². The fraction of sp³-hybridized carbons (Fsp3) is 0.417. The fourth-order valence-electron chi connectivity index (χ4n) is 1.69. The Morgan fingerprint density at radius 1 is 1.47 bits per heavy atom. The zero-order valence-electron chi connectivity index (χ0n) is 10.8. The minimum absolute atomic E-state index is 0.102. The molecule has 2 N–H and O–H groups in total. The van der Waals surface area contributed by atoms with Gasteiger partial charge in [-0.25, -0.2) is 4.98 Å². The Morgan fingerprint density at radius 3 is 2.89 bits per heavy atom. The molecule has 2 rings (SSSR count). The van der Waals surface area contributed by atoms with Crippen LogP contribution in [0.1, 0.15) is 19.5 Å². The Labute approximate surface area is 114 Å². The van der Waals surface area contributed by atoms with Gasteiger partial charge in [-0.15, -0.1) is 0 Å². The predicted molar refractivity (Wildman–Crippen MR) is 75.6 cm³/mol. The van der Waals surface area contributed by atoms with Crippen LogP contribution >= 0.6 is 11.3 Å². The van der Waals surface area contributed by atoms with Gasteiger partial charge in [0, 0.05) is 30.0 Å². The van der Waals surface area contributed by atoms with Crippen molar-refractivity contribution in [3.63, 3.8) is 0 Å².